The Bertz CT molecular complexity index is 473. The fourth-order valence-electron chi connectivity index (χ4n) is 1.76. The first kappa shape index (κ1) is 17.6. The summed E-state index contributed by atoms with van der Waals surface area (Å²) in [6, 6.07) is 7.89. The number of esters is 1. The van der Waals surface area contributed by atoms with Gasteiger partial charge >= 0.3 is 5.97 Å². The first-order valence-electron chi connectivity index (χ1n) is 7.07. The zero-order valence-corrected chi connectivity index (χ0v) is 13.8. The number of benzene rings is 1. The molecule has 0 saturated heterocycles. The molecule has 1 amide bonds. The summed E-state index contributed by atoms with van der Waals surface area (Å²) in [4.78, 5) is 23.1. The minimum atomic E-state index is -0.339. The van der Waals surface area contributed by atoms with Crippen molar-refractivity contribution in [3.8, 4) is 0 Å². The minimum absolute atomic E-state index is 0.118. The van der Waals surface area contributed by atoms with Gasteiger partial charge < -0.3 is 10.1 Å². The first-order chi connectivity index (χ1) is 9.97. The van der Waals surface area contributed by atoms with E-state index in [-0.39, 0.29) is 22.9 Å². The van der Waals surface area contributed by atoms with Crippen molar-refractivity contribution < 1.29 is 14.3 Å². The molecular weight excluding hydrogens is 286 g/mol. The summed E-state index contributed by atoms with van der Waals surface area (Å²) in [6.45, 7) is 6.06. The minimum Gasteiger partial charge on any atom is -0.468 e. The third-order valence-electron chi connectivity index (χ3n) is 3.37. The van der Waals surface area contributed by atoms with E-state index in [1.165, 1.54) is 24.4 Å². The van der Waals surface area contributed by atoms with Gasteiger partial charge in [-0.2, -0.15) is 0 Å². The molecule has 0 heterocycles. The number of hydrogen-bond donors (Lipinski definition) is 1. The summed E-state index contributed by atoms with van der Waals surface area (Å²) in [6.07, 6.45) is 1.09. The number of anilines is 1. The van der Waals surface area contributed by atoms with Gasteiger partial charge in [-0.05, 0) is 37.0 Å². The Morgan fingerprint density at radius 2 is 1.86 bits per heavy atom. The van der Waals surface area contributed by atoms with Crippen molar-refractivity contribution in [2.24, 2.45) is 0 Å². The fourth-order valence-corrected chi connectivity index (χ4v) is 2.47. The van der Waals surface area contributed by atoms with Crippen LogP contribution in [0.1, 0.15) is 38.7 Å². The molecule has 1 aromatic rings. The molecule has 2 atom stereocenters. The average molecular weight is 309 g/mol. The summed E-state index contributed by atoms with van der Waals surface area (Å²) in [5, 5.41) is 2.49. The van der Waals surface area contributed by atoms with Crippen LogP contribution < -0.4 is 5.32 Å². The van der Waals surface area contributed by atoms with Gasteiger partial charge in [0.15, 0.2) is 0 Å². The number of thioether (sulfide) groups is 1. The van der Waals surface area contributed by atoms with Crippen molar-refractivity contribution in [3.63, 3.8) is 0 Å². The van der Waals surface area contributed by atoms with E-state index in [0.717, 1.165) is 12.1 Å². The summed E-state index contributed by atoms with van der Waals surface area (Å²) in [5.74, 6) is 0.313. The third kappa shape index (κ3) is 5.79. The fraction of sp³-hybridized carbons (Fsp3) is 0.500. The quantitative estimate of drug-likeness (QED) is 0.784. The van der Waals surface area contributed by atoms with Crippen molar-refractivity contribution in [1.29, 1.82) is 0 Å². The molecule has 116 valence electrons. The summed E-state index contributed by atoms with van der Waals surface area (Å²) < 4.78 is 4.62. The standard InChI is InChI=1S/C16H23NO3S/c1-5-11(2)13-6-8-14(9-7-13)17-15(18)10-21-12(3)16(19)20-4/h6-9,11-12H,5,10H2,1-4H3,(H,17,18). The lowest BCUT2D eigenvalue weighted by Gasteiger charge is -2.11. The molecule has 5 heteroatoms. The van der Waals surface area contributed by atoms with Crippen LogP contribution in [0.3, 0.4) is 0 Å². The molecule has 0 saturated carbocycles. The molecule has 0 bridgehead atoms. The summed E-state index contributed by atoms with van der Waals surface area (Å²) in [5.41, 5.74) is 2.04. The highest BCUT2D eigenvalue weighted by Crippen LogP contribution is 2.20. The van der Waals surface area contributed by atoms with Gasteiger partial charge in [0, 0.05) is 5.69 Å². The number of carbonyl (C=O) groups excluding carboxylic acids is 2. The number of amides is 1. The van der Waals surface area contributed by atoms with Gasteiger partial charge in [0.2, 0.25) is 5.91 Å². The van der Waals surface area contributed by atoms with Crippen LogP contribution in [0.5, 0.6) is 0 Å². The van der Waals surface area contributed by atoms with Crippen LogP contribution in [-0.2, 0) is 14.3 Å². The van der Waals surface area contributed by atoms with Crippen molar-refractivity contribution in [3.05, 3.63) is 29.8 Å². The predicted molar refractivity (Wildman–Crippen MR) is 87.7 cm³/mol. The Morgan fingerprint density at radius 1 is 1.24 bits per heavy atom. The SMILES string of the molecule is CCC(C)c1ccc(NC(=O)CSC(C)C(=O)OC)cc1. The second kappa shape index (κ2) is 8.72. The Morgan fingerprint density at radius 3 is 2.38 bits per heavy atom. The van der Waals surface area contributed by atoms with Gasteiger partial charge in [-0.25, -0.2) is 0 Å². The molecule has 0 aliphatic heterocycles. The van der Waals surface area contributed by atoms with Crippen LogP contribution in [-0.4, -0.2) is 30.0 Å². The van der Waals surface area contributed by atoms with E-state index in [2.05, 4.69) is 23.9 Å². The van der Waals surface area contributed by atoms with E-state index >= 15 is 0 Å². The van der Waals surface area contributed by atoms with E-state index in [9.17, 15) is 9.59 Å². The van der Waals surface area contributed by atoms with Crippen LogP contribution in [0, 0.1) is 0 Å². The molecule has 21 heavy (non-hydrogen) atoms. The molecule has 0 aromatic heterocycles. The van der Waals surface area contributed by atoms with Gasteiger partial charge in [0.25, 0.3) is 0 Å². The maximum Gasteiger partial charge on any atom is 0.318 e. The summed E-state index contributed by atoms with van der Waals surface area (Å²) in [7, 11) is 1.35. The molecule has 0 spiro atoms. The van der Waals surface area contributed by atoms with E-state index in [0.29, 0.717) is 5.92 Å². The van der Waals surface area contributed by atoms with Gasteiger partial charge in [-0.15, -0.1) is 11.8 Å². The highest BCUT2D eigenvalue weighted by atomic mass is 32.2. The summed E-state index contributed by atoms with van der Waals surface area (Å²) >= 11 is 1.26. The maximum absolute atomic E-state index is 11.8. The Kier molecular flexibility index (Phi) is 7.29. The molecular formula is C16H23NO3S. The van der Waals surface area contributed by atoms with E-state index in [4.69, 9.17) is 0 Å². The maximum atomic E-state index is 11.8. The molecule has 0 fully saturated rings. The van der Waals surface area contributed by atoms with Crippen LogP contribution in [0.2, 0.25) is 0 Å². The van der Waals surface area contributed by atoms with Gasteiger partial charge in [-0.3, -0.25) is 9.59 Å². The number of hydrogen-bond acceptors (Lipinski definition) is 4. The topological polar surface area (TPSA) is 55.4 Å². The molecule has 1 aromatic carbocycles. The average Bonchev–Trinajstić information content (AvgIpc) is 2.51. The molecule has 2 unspecified atom stereocenters. The third-order valence-corrected chi connectivity index (χ3v) is 4.49. The normalized spacial score (nSPS) is 13.3. The van der Waals surface area contributed by atoms with Crippen LogP contribution in [0.4, 0.5) is 5.69 Å². The van der Waals surface area contributed by atoms with Crippen molar-refractivity contribution in [2.75, 3.05) is 18.2 Å². The zero-order chi connectivity index (χ0) is 15.8. The smallest absolute Gasteiger partial charge is 0.318 e. The second-order valence-electron chi connectivity index (χ2n) is 4.96. The van der Waals surface area contributed by atoms with E-state index in [1.54, 1.807) is 6.92 Å². The molecule has 0 radical (unpaired) electrons. The molecule has 0 aliphatic rings. The number of ether oxygens (including phenoxy) is 1. The molecule has 4 nitrogen and oxygen atoms in total. The van der Waals surface area contributed by atoms with Gasteiger partial charge in [-0.1, -0.05) is 26.0 Å². The zero-order valence-electron chi connectivity index (χ0n) is 13.0. The highest BCUT2D eigenvalue weighted by molar-refractivity contribution is 8.01. The van der Waals surface area contributed by atoms with Crippen molar-refractivity contribution in [1.82, 2.24) is 0 Å². The van der Waals surface area contributed by atoms with Crippen LogP contribution in [0.15, 0.2) is 24.3 Å². The van der Waals surface area contributed by atoms with E-state index in [1.807, 2.05) is 24.3 Å². The Hall–Kier alpha value is -1.49. The van der Waals surface area contributed by atoms with Gasteiger partial charge in [0.05, 0.1) is 12.9 Å². The first-order valence-corrected chi connectivity index (χ1v) is 8.12. The Balaban J connectivity index is 2.46. The molecule has 0 aliphatic carbocycles. The number of carbonyl (C=O) groups is 2. The lowest BCUT2D eigenvalue weighted by atomic mass is 9.99. The van der Waals surface area contributed by atoms with Crippen LogP contribution in [0.25, 0.3) is 0 Å². The largest absolute Gasteiger partial charge is 0.468 e. The van der Waals surface area contributed by atoms with Gasteiger partial charge in [0.1, 0.15) is 5.25 Å². The number of methoxy groups -OCH3 is 1. The van der Waals surface area contributed by atoms with Crippen molar-refractivity contribution in [2.45, 2.75) is 38.4 Å². The highest BCUT2D eigenvalue weighted by Gasteiger charge is 2.15. The lowest BCUT2D eigenvalue weighted by Crippen LogP contribution is -2.20. The van der Waals surface area contributed by atoms with Crippen LogP contribution >= 0.6 is 11.8 Å². The predicted octanol–water partition coefficient (Wildman–Crippen LogP) is 3.43. The molecule has 1 rings (SSSR count). The Labute approximate surface area is 130 Å². The van der Waals surface area contributed by atoms with E-state index < -0.39 is 0 Å². The van der Waals surface area contributed by atoms with Crippen molar-refractivity contribution >= 4 is 29.3 Å². The second-order valence-corrected chi connectivity index (χ2v) is 6.28. The number of rotatable bonds is 7. The monoisotopic (exact) mass is 309 g/mol. The molecule has 1 N–H and O–H groups in total. The number of nitrogens with one attached hydrogen (secondary N) is 1. The lowest BCUT2D eigenvalue weighted by molar-refractivity contribution is -0.139.